The second-order valence-corrected chi connectivity index (χ2v) is 5.33. The van der Waals surface area contributed by atoms with E-state index >= 15 is 0 Å². The molecule has 0 bridgehead atoms. The van der Waals surface area contributed by atoms with Gasteiger partial charge in [0.2, 0.25) is 5.91 Å². The average molecular weight is 299 g/mol. The third-order valence-electron chi connectivity index (χ3n) is 2.21. The summed E-state index contributed by atoms with van der Waals surface area (Å²) in [5.74, 6) is -1.62. The molecule has 0 unspecified atom stereocenters. The van der Waals surface area contributed by atoms with Gasteiger partial charge in [0.25, 0.3) is 0 Å². The number of carboxylic acids is 1. The van der Waals surface area contributed by atoms with E-state index < -0.39 is 23.7 Å². The molecule has 118 valence electrons. The molecule has 0 spiro atoms. The number of alkyl carbamates (subject to hydrolysis) is 1. The lowest BCUT2D eigenvalue weighted by molar-refractivity contribution is -0.139. The summed E-state index contributed by atoms with van der Waals surface area (Å²) in [7, 11) is 0. The van der Waals surface area contributed by atoms with Crippen LogP contribution in [0.4, 0.5) is 4.79 Å². The molecule has 8 nitrogen and oxygen atoms in total. The Balaban J connectivity index is 4.26. The second-order valence-electron chi connectivity index (χ2n) is 5.33. The monoisotopic (exact) mass is 299 g/mol. The van der Waals surface area contributed by atoms with Crippen LogP contribution in [0, 0.1) is 11.3 Å². The summed E-state index contributed by atoms with van der Waals surface area (Å²) in [6, 6.07) is 0.665. The van der Waals surface area contributed by atoms with Gasteiger partial charge in [-0.15, -0.1) is 0 Å². The van der Waals surface area contributed by atoms with Gasteiger partial charge in [-0.05, 0) is 27.2 Å². The van der Waals surface area contributed by atoms with Gasteiger partial charge in [-0.25, -0.2) is 9.59 Å². The average Bonchev–Trinajstić information content (AvgIpc) is 2.32. The summed E-state index contributed by atoms with van der Waals surface area (Å²) in [4.78, 5) is 33.9. The van der Waals surface area contributed by atoms with E-state index in [2.05, 4.69) is 10.6 Å². The van der Waals surface area contributed by atoms with Crippen LogP contribution in [0.2, 0.25) is 0 Å². The fourth-order valence-corrected chi connectivity index (χ4v) is 1.33. The van der Waals surface area contributed by atoms with Gasteiger partial charge in [0, 0.05) is 13.0 Å². The highest BCUT2D eigenvalue weighted by molar-refractivity contribution is 5.81. The van der Waals surface area contributed by atoms with Crippen molar-refractivity contribution in [1.82, 2.24) is 10.6 Å². The second kappa shape index (κ2) is 8.79. The zero-order valence-corrected chi connectivity index (χ0v) is 12.4. The fourth-order valence-electron chi connectivity index (χ4n) is 1.33. The van der Waals surface area contributed by atoms with Crippen LogP contribution in [0.3, 0.4) is 0 Å². The van der Waals surface area contributed by atoms with Crippen molar-refractivity contribution in [3.8, 4) is 6.07 Å². The smallest absolute Gasteiger partial charge is 0.408 e. The van der Waals surface area contributed by atoms with E-state index in [-0.39, 0.29) is 31.7 Å². The van der Waals surface area contributed by atoms with Crippen molar-refractivity contribution in [1.29, 1.82) is 5.26 Å². The number of hydrogen-bond donors (Lipinski definition) is 3. The van der Waals surface area contributed by atoms with Crippen molar-refractivity contribution in [2.24, 2.45) is 0 Å². The summed E-state index contributed by atoms with van der Waals surface area (Å²) in [6.07, 6.45) is -0.796. The maximum Gasteiger partial charge on any atom is 0.408 e. The molecular weight excluding hydrogens is 278 g/mol. The number of hydrogen-bond acceptors (Lipinski definition) is 5. The predicted octanol–water partition coefficient (Wildman–Crippen LogP) is 0.774. The number of amides is 2. The third kappa shape index (κ3) is 10.2. The van der Waals surface area contributed by atoms with Gasteiger partial charge in [0.15, 0.2) is 0 Å². The molecule has 0 aliphatic carbocycles. The van der Waals surface area contributed by atoms with Gasteiger partial charge < -0.3 is 20.5 Å². The summed E-state index contributed by atoms with van der Waals surface area (Å²) in [6.45, 7) is 5.19. The maximum atomic E-state index is 11.5. The fraction of sp³-hybridized carbons (Fsp3) is 0.692. The van der Waals surface area contributed by atoms with Crippen molar-refractivity contribution in [2.75, 3.05) is 6.54 Å². The van der Waals surface area contributed by atoms with Crippen LogP contribution in [0.15, 0.2) is 0 Å². The van der Waals surface area contributed by atoms with E-state index in [1.54, 1.807) is 20.8 Å². The Hall–Kier alpha value is -2.30. The van der Waals surface area contributed by atoms with Crippen LogP contribution in [0.5, 0.6) is 0 Å². The molecule has 0 aromatic carbocycles. The van der Waals surface area contributed by atoms with Crippen molar-refractivity contribution in [3.05, 3.63) is 0 Å². The Kier molecular flexibility index (Phi) is 7.83. The number of aliphatic carboxylic acids is 1. The summed E-state index contributed by atoms with van der Waals surface area (Å²) >= 11 is 0. The molecule has 0 saturated carbocycles. The van der Waals surface area contributed by atoms with Crippen LogP contribution < -0.4 is 10.6 Å². The molecule has 0 saturated heterocycles. The Morgan fingerprint density at radius 3 is 2.43 bits per heavy atom. The summed E-state index contributed by atoms with van der Waals surface area (Å²) < 4.78 is 4.95. The summed E-state index contributed by atoms with van der Waals surface area (Å²) in [5, 5.41) is 22.0. The topological polar surface area (TPSA) is 129 Å². The molecular formula is C13H21N3O5. The number of carboxylic acid groups (broad SMARTS) is 1. The zero-order valence-electron chi connectivity index (χ0n) is 12.4. The van der Waals surface area contributed by atoms with Crippen LogP contribution in [0.25, 0.3) is 0 Å². The quantitative estimate of drug-likeness (QED) is 0.596. The van der Waals surface area contributed by atoms with Crippen LogP contribution >= 0.6 is 0 Å². The van der Waals surface area contributed by atoms with E-state index in [0.29, 0.717) is 0 Å². The molecule has 8 heteroatoms. The lowest BCUT2D eigenvalue weighted by atomic mass is 10.1. The standard InChI is InChI=1S/C13H21N3O5/c1-13(2,3)21-12(20)16-9(11(18)19)5-6-10(17)15-8-4-7-14/h9H,4-6,8H2,1-3H3,(H,15,17)(H,16,20)(H,18,19)/t9-/m0/s1. The zero-order chi connectivity index (χ0) is 16.5. The molecule has 0 aromatic rings. The third-order valence-corrected chi connectivity index (χ3v) is 2.21. The molecule has 0 aromatic heterocycles. The van der Waals surface area contributed by atoms with E-state index in [1.165, 1.54) is 0 Å². The van der Waals surface area contributed by atoms with Crippen molar-refractivity contribution >= 4 is 18.0 Å². The van der Waals surface area contributed by atoms with E-state index in [9.17, 15) is 14.4 Å². The Morgan fingerprint density at radius 1 is 1.33 bits per heavy atom. The number of nitrogens with one attached hydrogen (secondary N) is 2. The molecule has 0 fully saturated rings. The first-order chi connectivity index (χ1) is 9.65. The van der Waals surface area contributed by atoms with Gasteiger partial charge in [-0.2, -0.15) is 5.26 Å². The number of rotatable bonds is 7. The molecule has 2 amide bonds. The van der Waals surface area contributed by atoms with Crippen LogP contribution in [0.1, 0.15) is 40.0 Å². The van der Waals surface area contributed by atoms with Gasteiger partial charge >= 0.3 is 12.1 Å². The van der Waals surface area contributed by atoms with Crippen molar-refractivity contribution < 1.29 is 24.2 Å². The van der Waals surface area contributed by atoms with E-state index in [1.807, 2.05) is 6.07 Å². The molecule has 0 aliphatic heterocycles. The highest BCUT2D eigenvalue weighted by Crippen LogP contribution is 2.07. The number of nitrogens with zero attached hydrogens (tertiary/aromatic N) is 1. The number of carbonyl (C=O) groups excluding carboxylic acids is 2. The normalized spacial score (nSPS) is 11.9. The Bertz CT molecular complexity index is 423. The minimum atomic E-state index is -1.24. The van der Waals surface area contributed by atoms with Gasteiger partial charge in [-0.3, -0.25) is 4.79 Å². The first kappa shape index (κ1) is 18.7. The van der Waals surface area contributed by atoms with Crippen molar-refractivity contribution in [3.63, 3.8) is 0 Å². The van der Waals surface area contributed by atoms with Crippen LogP contribution in [-0.2, 0) is 14.3 Å². The van der Waals surface area contributed by atoms with E-state index in [0.717, 1.165) is 0 Å². The van der Waals surface area contributed by atoms with Gasteiger partial charge in [0.05, 0.1) is 12.5 Å². The Morgan fingerprint density at radius 2 is 1.95 bits per heavy atom. The SMILES string of the molecule is CC(C)(C)OC(=O)N[C@@H](CCC(=O)NCCC#N)C(=O)O. The highest BCUT2D eigenvalue weighted by Gasteiger charge is 2.24. The largest absolute Gasteiger partial charge is 0.480 e. The minimum absolute atomic E-state index is 0.0625. The molecule has 0 radical (unpaired) electrons. The molecule has 3 N–H and O–H groups in total. The van der Waals surface area contributed by atoms with E-state index in [4.69, 9.17) is 15.1 Å². The van der Waals surface area contributed by atoms with Gasteiger partial charge in [0.1, 0.15) is 11.6 Å². The molecule has 21 heavy (non-hydrogen) atoms. The van der Waals surface area contributed by atoms with Crippen molar-refractivity contribution in [2.45, 2.75) is 51.7 Å². The highest BCUT2D eigenvalue weighted by atomic mass is 16.6. The van der Waals surface area contributed by atoms with Gasteiger partial charge in [-0.1, -0.05) is 0 Å². The number of ether oxygens (including phenoxy) is 1. The summed E-state index contributed by atoms with van der Waals surface area (Å²) in [5.41, 5.74) is -0.734. The minimum Gasteiger partial charge on any atom is -0.480 e. The lowest BCUT2D eigenvalue weighted by Crippen LogP contribution is -2.44. The molecule has 0 aliphatic rings. The first-order valence-corrected chi connectivity index (χ1v) is 6.51. The molecule has 1 atom stereocenters. The number of carbonyl (C=O) groups is 3. The Labute approximate surface area is 123 Å². The van der Waals surface area contributed by atoms with Crippen LogP contribution in [-0.4, -0.2) is 41.3 Å². The molecule has 0 rings (SSSR count). The predicted molar refractivity (Wildman–Crippen MR) is 73.3 cm³/mol. The first-order valence-electron chi connectivity index (χ1n) is 6.51. The number of nitriles is 1. The lowest BCUT2D eigenvalue weighted by Gasteiger charge is -2.21. The maximum absolute atomic E-state index is 11.5. The molecule has 0 heterocycles.